The van der Waals surface area contributed by atoms with Crippen LogP contribution in [0.15, 0.2) is 58.3 Å². The first-order valence-corrected chi connectivity index (χ1v) is 9.28. The molecular formula is C17H14F3NO3S2. The van der Waals surface area contributed by atoms with Crippen molar-refractivity contribution in [3.8, 4) is 0 Å². The van der Waals surface area contributed by atoms with E-state index >= 15 is 0 Å². The molecule has 0 aliphatic rings. The van der Waals surface area contributed by atoms with E-state index in [9.17, 15) is 22.8 Å². The van der Waals surface area contributed by atoms with Crippen molar-refractivity contribution in [3.63, 3.8) is 0 Å². The number of thioether (sulfide) groups is 2. The molecule has 2 aromatic rings. The third-order valence-corrected chi connectivity index (χ3v) is 4.57. The molecule has 2 aromatic carbocycles. The fraction of sp³-hybridized carbons (Fsp3) is 0.176. The summed E-state index contributed by atoms with van der Waals surface area (Å²) in [6.45, 7) is -0.499. The smallest absolute Gasteiger partial charge is 0.446 e. The molecule has 0 unspecified atom stereocenters. The number of halogens is 3. The van der Waals surface area contributed by atoms with Crippen LogP contribution >= 0.6 is 23.5 Å². The number of anilines is 1. The van der Waals surface area contributed by atoms with Gasteiger partial charge in [0.05, 0.1) is 11.3 Å². The second-order valence-electron chi connectivity index (χ2n) is 4.90. The normalized spacial score (nSPS) is 11.1. The summed E-state index contributed by atoms with van der Waals surface area (Å²) >= 11 is 1.19. The van der Waals surface area contributed by atoms with Crippen LogP contribution in [-0.2, 0) is 9.53 Å². The first-order chi connectivity index (χ1) is 12.3. The molecule has 1 amide bonds. The molecule has 138 valence electrons. The Bertz CT molecular complexity index is 780. The van der Waals surface area contributed by atoms with Crippen molar-refractivity contribution < 1.29 is 27.5 Å². The van der Waals surface area contributed by atoms with E-state index in [1.165, 1.54) is 36.0 Å². The first-order valence-electron chi connectivity index (χ1n) is 7.24. The SMILES string of the molecule is CSc1ccccc1NC(=O)COC(=O)c1ccc(SC(F)(F)F)cc1. The number of rotatable bonds is 6. The fourth-order valence-corrected chi connectivity index (χ4v) is 3.03. The van der Waals surface area contributed by atoms with Crippen LogP contribution in [0.1, 0.15) is 10.4 Å². The number of hydrogen-bond acceptors (Lipinski definition) is 5. The maximum absolute atomic E-state index is 12.3. The Balaban J connectivity index is 1.88. The van der Waals surface area contributed by atoms with Crippen molar-refractivity contribution in [1.82, 2.24) is 0 Å². The zero-order chi connectivity index (χ0) is 19.2. The van der Waals surface area contributed by atoms with Crippen molar-refractivity contribution >= 4 is 41.1 Å². The number of para-hydroxylation sites is 1. The van der Waals surface area contributed by atoms with Gasteiger partial charge in [-0.25, -0.2) is 4.79 Å². The Morgan fingerprint density at radius 1 is 1.08 bits per heavy atom. The van der Waals surface area contributed by atoms with E-state index in [-0.39, 0.29) is 22.2 Å². The molecular weight excluding hydrogens is 387 g/mol. The second kappa shape index (κ2) is 9.00. The van der Waals surface area contributed by atoms with Gasteiger partial charge in [0.15, 0.2) is 6.61 Å². The van der Waals surface area contributed by atoms with Crippen molar-refractivity contribution in [2.75, 3.05) is 18.2 Å². The molecule has 4 nitrogen and oxygen atoms in total. The van der Waals surface area contributed by atoms with E-state index in [1.54, 1.807) is 12.1 Å². The van der Waals surface area contributed by atoms with E-state index in [2.05, 4.69) is 5.32 Å². The monoisotopic (exact) mass is 401 g/mol. The average Bonchev–Trinajstić information content (AvgIpc) is 2.59. The number of amides is 1. The van der Waals surface area contributed by atoms with E-state index in [0.29, 0.717) is 5.69 Å². The Morgan fingerprint density at radius 3 is 2.35 bits per heavy atom. The lowest BCUT2D eigenvalue weighted by atomic mass is 10.2. The standard InChI is InChI=1S/C17H14F3NO3S2/c1-25-14-5-3-2-4-13(14)21-15(22)10-24-16(23)11-6-8-12(9-7-11)26-17(18,19)20/h2-9H,10H2,1H3,(H,21,22). The largest absolute Gasteiger partial charge is 0.452 e. The highest BCUT2D eigenvalue weighted by Gasteiger charge is 2.29. The number of carbonyl (C=O) groups excluding carboxylic acids is 2. The molecule has 0 atom stereocenters. The summed E-state index contributed by atoms with van der Waals surface area (Å²) in [6, 6.07) is 11.9. The molecule has 1 N–H and O–H groups in total. The van der Waals surface area contributed by atoms with Gasteiger partial charge in [0.2, 0.25) is 0 Å². The lowest BCUT2D eigenvalue weighted by Crippen LogP contribution is -2.21. The van der Waals surface area contributed by atoms with Crippen molar-refractivity contribution in [2.24, 2.45) is 0 Å². The van der Waals surface area contributed by atoms with Gasteiger partial charge in [-0.05, 0) is 54.4 Å². The van der Waals surface area contributed by atoms with Crippen LogP contribution in [0.3, 0.4) is 0 Å². The summed E-state index contributed by atoms with van der Waals surface area (Å²) in [5, 5.41) is 2.64. The fourth-order valence-electron chi connectivity index (χ4n) is 1.94. The molecule has 9 heteroatoms. The van der Waals surface area contributed by atoms with Crippen molar-refractivity contribution in [3.05, 3.63) is 54.1 Å². The zero-order valence-corrected chi connectivity index (χ0v) is 15.1. The minimum atomic E-state index is -4.40. The van der Waals surface area contributed by atoms with Gasteiger partial charge < -0.3 is 10.1 Å². The van der Waals surface area contributed by atoms with Gasteiger partial charge >= 0.3 is 11.5 Å². The zero-order valence-electron chi connectivity index (χ0n) is 13.5. The second-order valence-corrected chi connectivity index (χ2v) is 6.88. The lowest BCUT2D eigenvalue weighted by molar-refractivity contribution is -0.119. The van der Waals surface area contributed by atoms with Gasteiger partial charge in [-0.3, -0.25) is 4.79 Å². The molecule has 0 aliphatic carbocycles. The predicted molar refractivity (Wildman–Crippen MR) is 95.5 cm³/mol. The minimum absolute atomic E-state index is 0.0412. The maximum Gasteiger partial charge on any atom is 0.446 e. The number of carbonyl (C=O) groups is 2. The topological polar surface area (TPSA) is 55.4 Å². The number of hydrogen-bond donors (Lipinski definition) is 1. The summed E-state index contributed by atoms with van der Waals surface area (Å²) in [7, 11) is 0. The van der Waals surface area contributed by atoms with Gasteiger partial charge in [0, 0.05) is 9.79 Å². The molecule has 0 saturated carbocycles. The molecule has 0 heterocycles. The van der Waals surface area contributed by atoms with Gasteiger partial charge in [-0.1, -0.05) is 12.1 Å². The Morgan fingerprint density at radius 2 is 1.73 bits per heavy atom. The Hall–Kier alpha value is -2.13. The molecule has 0 spiro atoms. The maximum atomic E-state index is 12.3. The highest BCUT2D eigenvalue weighted by atomic mass is 32.2. The van der Waals surface area contributed by atoms with Crippen LogP contribution in [0.25, 0.3) is 0 Å². The summed E-state index contributed by atoms with van der Waals surface area (Å²) < 4.78 is 41.7. The number of benzene rings is 2. The molecule has 0 radical (unpaired) electrons. The van der Waals surface area contributed by atoms with E-state index in [0.717, 1.165) is 4.90 Å². The van der Waals surface area contributed by atoms with E-state index in [4.69, 9.17) is 4.74 Å². The third kappa shape index (κ3) is 6.30. The first kappa shape index (κ1) is 20.2. The molecule has 0 aromatic heterocycles. The number of ether oxygens (including phenoxy) is 1. The average molecular weight is 401 g/mol. The van der Waals surface area contributed by atoms with Gasteiger partial charge in [0.25, 0.3) is 5.91 Å². The van der Waals surface area contributed by atoms with Crippen LogP contribution in [-0.4, -0.2) is 30.2 Å². The number of esters is 1. The summed E-state index contributed by atoms with van der Waals surface area (Å²) in [5.74, 6) is -1.30. The van der Waals surface area contributed by atoms with Crippen LogP contribution in [0, 0.1) is 0 Å². The molecule has 26 heavy (non-hydrogen) atoms. The molecule has 0 fully saturated rings. The minimum Gasteiger partial charge on any atom is -0.452 e. The predicted octanol–water partition coefficient (Wildman–Crippen LogP) is 4.82. The highest BCUT2D eigenvalue weighted by molar-refractivity contribution is 8.00. The number of alkyl halides is 3. The quantitative estimate of drug-likeness (QED) is 0.556. The van der Waals surface area contributed by atoms with Crippen LogP contribution in [0.4, 0.5) is 18.9 Å². The van der Waals surface area contributed by atoms with Crippen molar-refractivity contribution in [1.29, 1.82) is 0 Å². The highest BCUT2D eigenvalue weighted by Crippen LogP contribution is 2.36. The third-order valence-electron chi connectivity index (χ3n) is 3.04. The van der Waals surface area contributed by atoms with E-state index in [1.807, 2.05) is 18.4 Å². The molecule has 0 bridgehead atoms. The summed E-state index contributed by atoms with van der Waals surface area (Å²) in [5.41, 5.74) is -3.73. The van der Waals surface area contributed by atoms with Gasteiger partial charge in [-0.15, -0.1) is 11.8 Å². The Labute approximate surface area is 156 Å². The van der Waals surface area contributed by atoms with Crippen molar-refractivity contribution in [2.45, 2.75) is 15.3 Å². The lowest BCUT2D eigenvalue weighted by Gasteiger charge is -2.10. The molecule has 0 saturated heterocycles. The molecule has 0 aliphatic heterocycles. The van der Waals surface area contributed by atoms with Crippen LogP contribution in [0.2, 0.25) is 0 Å². The van der Waals surface area contributed by atoms with Crippen LogP contribution < -0.4 is 5.32 Å². The molecule has 2 rings (SSSR count). The van der Waals surface area contributed by atoms with Gasteiger partial charge in [0.1, 0.15) is 0 Å². The Kier molecular flexibility index (Phi) is 6.98. The summed E-state index contributed by atoms with van der Waals surface area (Å²) in [6.07, 6.45) is 1.87. The summed E-state index contributed by atoms with van der Waals surface area (Å²) in [4.78, 5) is 24.6. The van der Waals surface area contributed by atoms with E-state index < -0.39 is 24.0 Å². The van der Waals surface area contributed by atoms with Crippen LogP contribution in [0.5, 0.6) is 0 Å². The van der Waals surface area contributed by atoms with Gasteiger partial charge in [-0.2, -0.15) is 13.2 Å². The number of nitrogens with one attached hydrogen (secondary N) is 1.